The highest BCUT2D eigenvalue weighted by atomic mass is 79.9. The van der Waals surface area contributed by atoms with Gasteiger partial charge >= 0.3 is 0 Å². The monoisotopic (exact) mass is 330 g/mol. The van der Waals surface area contributed by atoms with Gasteiger partial charge in [0.1, 0.15) is 11.6 Å². The van der Waals surface area contributed by atoms with Crippen LogP contribution in [0.3, 0.4) is 0 Å². The van der Waals surface area contributed by atoms with Gasteiger partial charge < -0.3 is 0 Å². The van der Waals surface area contributed by atoms with Gasteiger partial charge in [-0.15, -0.1) is 0 Å². The lowest BCUT2D eigenvalue weighted by Crippen LogP contribution is -2.29. The molecular formula is C16H21BrF2. The van der Waals surface area contributed by atoms with E-state index in [0.29, 0.717) is 34.6 Å². The summed E-state index contributed by atoms with van der Waals surface area (Å²) in [6.45, 7) is 4.50. The van der Waals surface area contributed by atoms with Crippen LogP contribution in [0.25, 0.3) is 0 Å². The Hall–Kier alpha value is -0.440. The number of hydrogen-bond acceptors (Lipinski definition) is 0. The molecule has 0 bridgehead atoms. The van der Waals surface area contributed by atoms with E-state index in [4.69, 9.17) is 0 Å². The highest BCUT2D eigenvalue weighted by Gasteiger charge is 2.30. The summed E-state index contributed by atoms with van der Waals surface area (Å²) < 4.78 is 27.0. The van der Waals surface area contributed by atoms with Crippen LogP contribution in [0.1, 0.15) is 38.7 Å². The lowest BCUT2D eigenvalue weighted by molar-refractivity contribution is 0.221. The van der Waals surface area contributed by atoms with Crippen molar-refractivity contribution in [2.24, 2.45) is 17.8 Å². The standard InChI is InChI=1S/C16H21BrF2/c1-10(2)11-3-5-15(17)12(7-11)8-13-9-14(18)4-6-16(13)19/h4,6,9-12,15H,3,5,7-8H2,1-2H3. The molecule has 3 heteroatoms. The Balaban J connectivity index is 2.09. The Morgan fingerprint density at radius 3 is 2.68 bits per heavy atom. The maximum atomic E-state index is 13.7. The van der Waals surface area contributed by atoms with E-state index >= 15 is 0 Å². The fourth-order valence-electron chi connectivity index (χ4n) is 3.06. The first-order valence-electron chi connectivity index (χ1n) is 7.05. The normalized spacial score (nSPS) is 27.8. The molecule has 1 fully saturated rings. The number of hydrogen-bond donors (Lipinski definition) is 0. The molecular weight excluding hydrogens is 310 g/mol. The van der Waals surface area contributed by atoms with E-state index in [0.717, 1.165) is 12.8 Å². The van der Waals surface area contributed by atoms with Gasteiger partial charge in [-0.05, 0) is 67.2 Å². The third-order valence-corrected chi connectivity index (χ3v) is 5.57. The van der Waals surface area contributed by atoms with Crippen molar-refractivity contribution in [2.45, 2.75) is 44.4 Å². The largest absolute Gasteiger partial charge is 0.207 e. The number of halogens is 3. The molecule has 2 rings (SSSR count). The van der Waals surface area contributed by atoms with E-state index in [2.05, 4.69) is 29.8 Å². The minimum absolute atomic E-state index is 0.284. The van der Waals surface area contributed by atoms with E-state index in [1.165, 1.54) is 24.6 Å². The number of alkyl halides is 1. The maximum absolute atomic E-state index is 13.7. The zero-order valence-corrected chi connectivity index (χ0v) is 13.1. The van der Waals surface area contributed by atoms with Gasteiger partial charge in [-0.3, -0.25) is 0 Å². The summed E-state index contributed by atoms with van der Waals surface area (Å²) in [5, 5.41) is 0. The molecule has 3 atom stereocenters. The second-order valence-corrected chi connectivity index (χ2v) is 7.21. The van der Waals surface area contributed by atoms with Gasteiger partial charge in [0, 0.05) is 4.83 Å². The first-order valence-corrected chi connectivity index (χ1v) is 7.97. The van der Waals surface area contributed by atoms with Crippen molar-refractivity contribution in [1.29, 1.82) is 0 Å². The molecule has 1 aromatic carbocycles. The molecule has 0 amide bonds. The van der Waals surface area contributed by atoms with E-state index in [9.17, 15) is 8.78 Å². The first-order chi connectivity index (χ1) is 8.97. The van der Waals surface area contributed by atoms with Crippen LogP contribution in [0.5, 0.6) is 0 Å². The Morgan fingerprint density at radius 2 is 2.00 bits per heavy atom. The maximum Gasteiger partial charge on any atom is 0.126 e. The quantitative estimate of drug-likeness (QED) is 0.656. The highest BCUT2D eigenvalue weighted by Crippen LogP contribution is 2.39. The minimum atomic E-state index is -0.348. The Labute approximate surface area is 122 Å². The van der Waals surface area contributed by atoms with Crippen LogP contribution in [0, 0.1) is 29.4 Å². The molecule has 1 aromatic rings. The summed E-state index contributed by atoms with van der Waals surface area (Å²) >= 11 is 3.72. The van der Waals surface area contributed by atoms with Gasteiger partial charge in [0.15, 0.2) is 0 Å². The van der Waals surface area contributed by atoms with Crippen LogP contribution < -0.4 is 0 Å². The van der Waals surface area contributed by atoms with Crippen LogP contribution in [0.15, 0.2) is 18.2 Å². The van der Waals surface area contributed by atoms with Gasteiger partial charge in [0.2, 0.25) is 0 Å². The van der Waals surface area contributed by atoms with Crippen molar-refractivity contribution < 1.29 is 8.78 Å². The summed E-state index contributed by atoms with van der Waals surface area (Å²) in [6, 6.07) is 3.76. The molecule has 0 aromatic heterocycles. The molecule has 0 nitrogen and oxygen atoms in total. The van der Waals surface area contributed by atoms with E-state index in [1.54, 1.807) is 0 Å². The van der Waals surface area contributed by atoms with E-state index in [-0.39, 0.29) is 11.6 Å². The van der Waals surface area contributed by atoms with Crippen molar-refractivity contribution >= 4 is 15.9 Å². The van der Waals surface area contributed by atoms with Crippen molar-refractivity contribution in [1.82, 2.24) is 0 Å². The zero-order chi connectivity index (χ0) is 14.0. The van der Waals surface area contributed by atoms with Gasteiger partial charge in [-0.25, -0.2) is 8.78 Å². The summed E-state index contributed by atoms with van der Waals surface area (Å²) in [5.41, 5.74) is 0.513. The molecule has 106 valence electrons. The number of benzene rings is 1. The van der Waals surface area contributed by atoms with Crippen molar-refractivity contribution in [3.63, 3.8) is 0 Å². The van der Waals surface area contributed by atoms with Gasteiger partial charge in [0.25, 0.3) is 0 Å². The Morgan fingerprint density at radius 1 is 1.26 bits per heavy atom. The van der Waals surface area contributed by atoms with Crippen molar-refractivity contribution in [3.8, 4) is 0 Å². The summed E-state index contributed by atoms with van der Waals surface area (Å²) in [5.74, 6) is 1.14. The fourth-order valence-corrected chi connectivity index (χ4v) is 3.73. The Kier molecular flexibility index (Phi) is 4.99. The third kappa shape index (κ3) is 3.77. The predicted octanol–water partition coefficient (Wildman–Crippen LogP) is 5.34. The fraction of sp³-hybridized carbons (Fsp3) is 0.625. The lowest BCUT2D eigenvalue weighted by atomic mass is 9.74. The van der Waals surface area contributed by atoms with Gasteiger partial charge in [-0.1, -0.05) is 29.8 Å². The third-order valence-electron chi connectivity index (χ3n) is 4.36. The molecule has 0 spiro atoms. The predicted molar refractivity (Wildman–Crippen MR) is 78.4 cm³/mol. The van der Waals surface area contributed by atoms with Crippen LogP contribution in [0.2, 0.25) is 0 Å². The summed E-state index contributed by atoms with van der Waals surface area (Å²) in [4.78, 5) is 0.421. The summed E-state index contributed by atoms with van der Waals surface area (Å²) in [6.07, 6.45) is 4.09. The molecule has 0 aliphatic heterocycles. The molecule has 1 aliphatic carbocycles. The average molecular weight is 331 g/mol. The average Bonchev–Trinajstić information content (AvgIpc) is 2.36. The molecule has 0 saturated heterocycles. The number of rotatable bonds is 3. The molecule has 0 radical (unpaired) electrons. The van der Waals surface area contributed by atoms with Crippen LogP contribution in [0.4, 0.5) is 8.78 Å². The molecule has 1 aliphatic rings. The van der Waals surface area contributed by atoms with E-state index < -0.39 is 0 Å². The van der Waals surface area contributed by atoms with Crippen molar-refractivity contribution in [3.05, 3.63) is 35.4 Å². The topological polar surface area (TPSA) is 0 Å². The van der Waals surface area contributed by atoms with Crippen LogP contribution in [-0.2, 0) is 6.42 Å². The summed E-state index contributed by atoms with van der Waals surface area (Å²) in [7, 11) is 0. The highest BCUT2D eigenvalue weighted by molar-refractivity contribution is 9.09. The molecule has 0 heterocycles. The van der Waals surface area contributed by atoms with Crippen LogP contribution in [-0.4, -0.2) is 4.83 Å². The SMILES string of the molecule is CC(C)C1CCC(Br)C(Cc2cc(F)ccc2F)C1. The van der Waals surface area contributed by atoms with Gasteiger partial charge in [-0.2, -0.15) is 0 Å². The zero-order valence-electron chi connectivity index (χ0n) is 11.5. The Bertz CT molecular complexity index is 431. The second kappa shape index (κ2) is 6.34. The van der Waals surface area contributed by atoms with Gasteiger partial charge in [0.05, 0.1) is 0 Å². The smallest absolute Gasteiger partial charge is 0.126 e. The molecule has 0 N–H and O–H groups in total. The van der Waals surface area contributed by atoms with E-state index in [1.807, 2.05) is 0 Å². The first kappa shape index (κ1) is 15.0. The van der Waals surface area contributed by atoms with Crippen molar-refractivity contribution in [2.75, 3.05) is 0 Å². The lowest BCUT2D eigenvalue weighted by Gasteiger charge is -2.35. The molecule has 3 unspecified atom stereocenters. The second-order valence-electron chi connectivity index (χ2n) is 6.03. The minimum Gasteiger partial charge on any atom is -0.207 e. The molecule has 1 saturated carbocycles. The van der Waals surface area contributed by atoms with Crippen LogP contribution >= 0.6 is 15.9 Å². The molecule has 19 heavy (non-hydrogen) atoms.